The van der Waals surface area contributed by atoms with Crippen LogP contribution in [0.5, 0.6) is 0 Å². The van der Waals surface area contributed by atoms with Gasteiger partial charge in [0.2, 0.25) is 0 Å². The molecule has 154 valence electrons. The molecule has 1 aliphatic rings. The summed E-state index contributed by atoms with van der Waals surface area (Å²) in [6, 6.07) is 0. The van der Waals surface area contributed by atoms with Crippen LogP contribution in [0.25, 0.3) is 0 Å². The van der Waals surface area contributed by atoms with E-state index >= 15 is 0 Å². The number of nitrogens with one attached hydrogen (secondary N) is 1. The van der Waals surface area contributed by atoms with E-state index in [4.69, 9.17) is 9.84 Å². The molecular weight excluding hydrogens is 326 g/mol. The first kappa shape index (κ1) is 25.1. The first-order valence-electron chi connectivity index (χ1n) is 10.9. The van der Waals surface area contributed by atoms with E-state index in [0.717, 1.165) is 39.1 Å². The van der Waals surface area contributed by atoms with Crippen molar-refractivity contribution in [3.05, 3.63) is 12.2 Å². The van der Waals surface area contributed by atoms with Gasteiger partial charge in [-0.3, -0.25) is 4.79 Å². The van der Waals surface area contributed by atoms with Gasteiger partial charge in [0.1, 0.15) is 0 Å². The zero-order valence-electron chi connectivity index (χ0n) is 17.1. The number of hydrogen-bond donors (Lipinski definition) is 2. The fourth-order valence-electron chi connectivity index (χ4n) is 2.86. The molecule has 0 spiro atoms. The van der Waals surface area contributed by atoms with Crippen LogP contribution in [0.4, 0.5) is 0 Å². The predicted octanol–water partition coefficient (Wildman–Crippen LogP) is 5.71. The fourth-order valence-corrected chi connectivity index (χ4v) is 2.86. The molecule has 1 heterocycles. The van der Waals surface area contributed by atoms with Crippen LogP contribution in [0.1, 0.15) is 96.8 Å². The van der Waals surface area contributed by atoms with Crippen LogP contribution in [-0.4, -0.2) is 37.4 Å². The van der Waals surface area contributed by atoms with Crippen molar-refractivity contribution in [3.63, 3.8) is 0 Å². The number of morpholine rings is 1. The summed E-state index contributed by atoms with van der Waals surface area (Å²) in [4.78, 5) is 10.3. The Balaban J connectivity index is 0.000000867. The minimum Gasteiger partial charge on any atom is -0.481 e. The summed E-state index contributed by atoms with van der Waals surface area (Å²) < 4.78 is 5.01. The molecule has 1 saturated heterocycles. The highest BCUT2D eigenvalue weighted by Crippen LogP contribution is 2.09. The molecule has 4 heteroatoms. The number of carbonyl (C=O) groups is 1. The number of aliphatic carboxylic acids is 1. The number of rotatable bonds is 15. The highest BCUT2D eigenvalue weighted by molar-refractivity contribution is 5.66. The first-order valence-corrected chi connectivity index (χ1v) is 10.9. The molecule has 0 saturated carbocycles. The van der Waals surface area contributed by atoms with Gasteiger partial charge >= 0.3 is 5.97 Å². The van der Waals surface area contributed by atoms with Gasteiger partial charge in [-0.2, -0.15) is 0 Å². The Bertz CT molecular complexity index is 303. The minimum atomic E-state index is -0.664. The molecule has 0 aliphatic carbocycles. The second-order valence-corrected chi connectivity index (χ2v) is 7.09. The van der Waals surface area contributed by atoms with E-state index in [-0.39, 0.29) is 0 Å². The zero-order valence-corrected chi connectivity index (χ0v) is 17.1. The highest BCUT2D eigenvalue weighted by atomic mass is 16.5. The lowest BCUT2D eigenvalue weighted by Gasteiger charge is -2.10. The average Bonchev–Trinajstić information content (AvgIpc) is 2.66. The maximum Gasteiger partial charge on any atom is 0.303 e. The number of ether oxygens (including phenoxy) is 1. The Labute approximate surface area is 161 Å². The second-order valence-electron chi connectivity index (χ2n) is 7.09. The lowest BCUT2D eigenvalue weighted by Crippen LogP contribution is -2.30. The Morgan fingerprint density at radius 2 is 1.35 bits per heavy atom. The lowest BCUT2D eigenvalue weighted by molar-refractivity contribution is -0.137. The largest absolute Gasteiger partial charge is 0.481 e. The molecule has 1 aliphatic heterocycles. The maximum absolute atomic E-state index is 10.3. The van der Waals surface area contributed by atoms with Crippen LogP contribution in [0, 0.1) is 0 Å². The van der Waals surface area contributed by atoms with Crippen molar-refractivity contribution in [1.29, 1.82) is 0 Å². The van der Waals surface area contributed by atoms with E-state index in [1.54, 1.807) is 0 Å². The lowest BCUT2D eigenvalue weighted by atomic mass is 10.1. The van der Waals surface area contributed by atoms with Crippen molar-refractivity contribution in [3.8, 4) is 0 Å². The predicted molar refractivity (Wildman–Crippen MR) is 111 cm³/mol. The molecule has 0 amide bonds. The van der Waals surface area contributed by atoms with E-state index in [9.17, 15) is 4.79 Å². The van der Waals surface area contributed by atoms with Crippen LogP contribution in [0.15, 0.2) is 12.2 Å². The van der Waals surface area contributed by atoms with Gasteiger partial charge in [-0.05, 0) is 32.1 Å². The van der Waals surface area contributed by atoms with Gasteiger partial charge in [-0.25, -0.2) is 0 Å². The number of hydrogen-bond acceptors (Lipinski definition) is 3. The van der Waals surface area contributed by atoms with Crippen molar-refractivity contribution in [2.45, 2.75) is 96.8 Å². The molecule has 4 nitrogen and oxygen atoms in total. The van der Waals surface area contributed by atoms with E-state index < -0.39 is 5.97 Å². The quantitative estimate of drug-likeness (QED) is 0.286. The SMILES string of the molecule is C1COCCN1.CCCCCCCC/C=C\CCCCCCCC(=O)O. The van der Waals surface area contributed by atoms with E-state index in [0.29, 0.717) is 6.42 Å². The van der Waals surface area contributed by atoms with Gasteiger partial charge in [0, 0.05) is 19.5 Å². The number of allylic oxidation sites excluding steroid dienone is 2. The molecule has 2 N–H and O–H groups in total. The Morgan fingerprint density at radius 1 is 0.846 bits per heavy atom. The summed E-state index contributed by atoms with van der Waals surface area (Å²) in [6.45, 7) is 6.09. The number of carboxylic acids is 1. The molecule has 0 aromatic rings. The topological polar surface area (TPSA) is 58.6 Å². The summed E-state index contributed by atoms with van der Waals surface area (Å²) in [5, 5.41) is 11.7. The van der Waals surface area contributed by atoms with Gasteiger partial charge < -0.3 is 15.2 Å². The Hall–Kier alpha value is -0.870. The number of carboxylic acid groups (broad SMARTS) is 1. The molecule has 0 aromatic heterocycles. The summed E-state index contributed by atoms with van der Waals surface area (Å²) in [5.74, 6) is -0.664. The second kappa shape index (κ2) is 22.2. The molecule has 1 rings (SSSR count). The third kappa shape index (κ3) is 23.1. The maximum atomic E-state index is 10.3. The molecule has 0 atom stereocenters. The van der Waals surface area contributed by atoms with Gasteiger partial charge in [0.25, 0.3) is 0 Å². The molecule has 0 radical (unpaired) electrons. The Morgan fingerprint density at radius 3 is 1.77 bits per heavy atom. The number of unbranched alkanes of at least 4 members (excludes halogenated alkanes) is 11. The Kier molecular flexibility index (Phi) is 21.4. The third-order valence-corrected chi connectivity index (χ3v) is 4.50. The molecule has 0 aromatic carbocycles. The summed E-state index contributed by atoms with van der Waals surface area (Å²) in [5.41, 5.74) is 0. The zero-order chi connectivity index (χ0) is 19.1. The van der Waals surface area contributed by atoms with Gasteiger partial charge in [0.15, 0.2) is 0 Å². The van der Waals surface area contributed by atoms with E-state index in [2.05, 4.69) is 24.4 Å². The summed E-state index contributed by atoms with van der Waals surface area (Å²) in [7, 11) is 0. The van der Waals surface area contributed by atoms with Crippen LogP contribution >= 0.6 is 0 Å². The van der Waals surface area contributed by atoms with Crippen molar-refractivity contribution in [2.75, 3.05) is 26.3 Å². The summed E-state index contributed by atoms with van der Waals surface area (Å²) >= 11 is 0. The standard InChI is InChI=1S/C18H34O2.C4H9NO/c1-2-3-4-5-6-7-8-9-10-11-12-13-14-15-16-17-18(19)20;1-3-6-4-2-5-1/h9-10H,2-8,11-17H2,1H3,(H,19,20);5H,1-4H2/b10-9-;. The monoisotopic (exact) mass is 369 g/mol. The average molecular weight is 370 g/mol. The van der Waals surface area contributed by atoms with Crippen LogP contribution in [0.2, 0.25) is 0 Å². The molecule has 26 heavy (non-hydrogen) atoms. The molecule has 0 unspecified atom stereocenters. The van der Waals surface area contributed by atoms with Gasteiger partial charge in [-0.15, -0.1) is 0 Å². The smallest absolute Gasteiger partial charge is 0.303 e. The molecule has 0 bridgehead atoms. The van der Waals surface area contributed by atoms with Crippen molar-refractivity contribution in [1.82, 2.24) is 5.32 Å². The third-order valence-electron chi connectivity index (χ3n) is 4.50. The summed E-state index contributed by atoms with van der Waals surface area (Å²) in [6.07, 6.45) is 21.2. The van der Waals surface area contributed by atoms with Crippen LogP contribution in [0.3, 0.4) is 0 Å². The van der Waals surface area contributed by atoms with Crippen molar-refractivity contribution < 1.29 is 14.6 Å². The molecular formula is C22H43NO3. The minimum absolute atomic E-state index is 0.332. The van der Waals surface area contributed by atoms with E-state index in [1.165, 1.54) is 70.6 Å². The van der Waals surface area contributed by atoms with Gasteiger partial charge in [0.05, 0.1) is 13.2 Å². The fraction of sp³-hybridized carbons (Fsp3) is 0.864. The first-order chi connectivity index (χ1) is 12.8. The van der Waals surface area contributed by atoms with Crippen molar-refractivity contribution >= 4 is 5.97 Å². The van der Waals surface area contributed by atoms with Gasteiger partial charge in [-0.1, -0.05) is 70.4 Å². The van der Waals surface area contributed by atoms with E-state index in [1.807, 2.05) is 0 Å². The van der Waals surface area contributed by atoms with Crippen LogP contribution < -0.4 is 5.32 Å². The normalized spacial score (nSPS) is 14.2. The molecule has 1 fully saturated rings. The van der Waals surface area contributed by atoms with Crippen molar-refractivity contribution in [2.24, 2.45) is 0 Å². The van der Waals surface area contributed by atoms with Crippen LogP contribution in [-0.2, 0) is 9.53 Å². The highest BCUT2D eigenvalue weighted by Gasteiger charge is 1.96.